The van der Waals surface area contributed by atoms with Gasteiger partial charge >= 0.3 is 0 Å². The molecule has 0 aliphatic carbocycles. The van der Waals surface area contributed by atoms with Crippen LogP contribution in [0.25, 0.3) is 0 Å². The van der Waals surface area contributed by atoms with Gasteiger partial charge in [0.05, 0.1) is 17.9 Å². The number of nitrogens with one attached hydrogen (secondary N) is 1. The Morgan fingerprint density at radius 2 is 2.00 bits per heavy atom. The van der Waals surface area contributed by atoms with E-state index < -0.39 is 0 Å². The lowest BCUT2D eigenvalue weighted by molar-refractivity contribution is 0.996. The normalized spacial score (nSPS) is 10.4. The van der Waals surface area contributed by atoms with E-state index in [-0.39, 0.29) is 0 Å². The minimum absolute atomic E-state index is 0.677. The molecule has 0 atom stereocenters. The fourth-order valence-corrected chi connectivity index (χ4v) is 3.46. The monoisotopic (exact) mass is 361 g/mol. The van der Waals surface area contributed by atoms with Crippen molar-refractivity contribution in [2.45, 2.75) is 13.5 Å². The molecule has 0 saturated heterocycles. The molecule has 0 fully saturated rings. The van der Waals surface area contributed by atoms with Crippen LogP contribution in [0.5, 0.6) is 0 Å². The molecule has 6 heteroatoms. The van der Waals surface area contributed by atoms with Crippen LogP contribution in [0.3, 0.4) is 0 Å². The van der Waals surface area contributed by atoms with Gasteiger partial charge in [-0.05, 0) is 68.0 Å². The van der Waals surface area contributed by atoms with E-state index in [9.17, 15) is 0 Å². The largest absolute Gasteiger partial charge is 0.377 e. The maximum absolute atomic E-state index is 3.98. The van der Waals surface area contributed by atoms with E-state index in [1.165, 1.54) is 17.1 Å². The van der Waals surface area contributed by atoms with Crippen LogP contribution in [0.2, 0.25) is 0 Å². The number of halogens is 2. The van der Waals surface area contributed by atoms with Crippen LogP contribution in [0.4, 0.5) is 5.69 Å². The van der Waals surface area contributed by atoms with Gasteiger partial charge in [0.15, 0.2) is 0 Å². The van der Waals surface area contributed by atoms with Crippen molar-refractivity contribution in [3.63, 3.8) is 0 Å². The standard InChI is InChI=1S/C10H9Br2N3S/c1-6-2-8(11)10(9(12)3-6)13-4-7-5-16-15-14-7/h2-3,5,13H,4H2,1H3. The maximum atomic E-state index is 3.98. The summed E-state index contributed by atoms with van der Waals surface area (Å²) in [5.74, 6) is 0. The third kappa shape index (κ3) is 2.81. The van der Waals surface area contributed by atoms with Crippen molar-refractivity contribution in [3.8, 4) is 0 Å². The molecule has 0 amide bonds. The van der Waals surface area contributed by atoms with Crippen molar-refractivity contribution >= 4 is 49.1 Å². The van der Waals surface area contributed by atoms with Crippen LogP contribution in [-0.4, -0.2) is 9.59 Å². The zero-order valence-electron chi connectivity index (χ0n) is 8.50. The summed E-state index contributed by atoms with van der Waals surface area (Å²) >= 11 is 8.43. The molecule has 0 radical (unpaired) electrons. The number of anilines is 1. The Bertz CT molecular complexity index is 462. The van der Waals surface area contributed by atoms with E-state index in [2.05, 4.69) is 65.8 Å². The summed E-state index contributed by atoms with van der Waals surface area (Å²) in [6.45, 7) is 2.74. The Hall–Kier alpha value is -0.460. The molecule has 84 valence electrons. The highest BCUT2D eigenvalue weighted by molar-refractivity contribution is 9.11. The first-order valence-corrected chi connectivity index (χ1v) is 7.04. The molecule has 0 bridgehead atoms. The molecule has 2 aromatic rings. The first-order valence-electron chi connectivity index (χ1n) is 4.62. The number of hydrogen-bond donors (Lipinski definition) is 1. The molecule has 0 unspecified atom stereocenters. The van der Waals surface area contributed by atoms with Crippen molar-refractivity contribution in [2.75, 3.05) is 5.32 Å². The smallest absolute Gasteiger partial charge is 0.0946 e. The Labute approximate surface area is 115 Å². The summed E-state index contributed by atoms with van der Waals surface area (Å²) in [7, 11) is 0. The SMILES string of the molecule is Cc1cc(Br)c(NCc2csnn2)c(Br)c1. The third-order valence-corrected chi connectivity index (χ3v) is 3.84. The molecule has 16 heavy (non-hydrogen) atoms. The van der Waals surface area contributed by atoms with Crippen LogP contribution in [-0.2, 0) is 6.54 Å². The van der Waals surface area contributed by atoms with Crippen molar-refractivity contribution in [1.82, 2.24) is 9.59 Å². The van der Waals surface area contributed by atoms with Crippen molar-refractivity contribution in [2.24, 2.45) is 0 Å². The van der Waals surface area contributed by atoms with Gasteiger partial charge in [-0.15, -0.1) is 5.10 Å². The topological polar surface area (TPSA) is 37.8 Å². The third-order valence-electron chi connectivity index (χ3n) is 2.04. The van der Waals surface area contributed by atoms with Gasteiger partial charge in [0.25, 0.3) is 0 Å². The molecule has 1 aromatic carbocycles. The van der Waals surface area contributed by atoms with E-state index in [1.807, 2.05) is 5.38 Å². The first kappa shape index (κ1) is 12.0. The van der Waals surface area contributed by atoms with Gasteiger partial charge in [0, 0.05) is 14.3 Å². The lowest BCUT2D eigenvalue weighted by Crippen LogP contribution is -2.01. The summed E-state index contributed by atoms with van der Waals surface area (Å²) in [5.41, 5.74) is 3.20. The molecule has 3 nitrogen and oxygen atoms in total. The average Bonchev–Trinajstić information content (AvgIpc) is 2.68. The summed E-state index contributed by atoms with van der Waals surface area (Å²) in [4.78, 5) is 0. The molecular formula is C10H9Br2N3S. The van der Waals surface area contributed by atoms with Gasteiger partial charge in [-0.3, -0.25) is 0 Å². The zero-order chi connectivity index (χ0) is 11.5. The summed E-state index contributed by atoms with van der Waals surface area (Å²) < 4.78 is 5.91. The highest BCUT2D eigenvalue weighted by atomic mass is 79.9. The van der Waals surface area contributed by atoms with Crippen molar-refractivity contribution < 1.29 is 0 Å². The minimum Gasteiger partial charge on any atom is -0.377 e. The molecule has 1 N–H and O–H groups in total. The second kappa shape index (κ2) is 5.25. The van der Waals surface area contributed by atoms with Gasteiger partial charge in [-0.1, -0.05) is 4.49 Å². The van der Waals surface area contributed by atoms with Gasteiger partial charge in [-0.25, -0.2) is 0 Å². The highest BCUT2D eigenvalue weighted by Crippen LogP contribution is 2.32. The minimum atomic E-state index is 0.677. The average molecular weight is 363 g/mol. The Morgan fingerprint density at radius 1 is 1.31 bits per heavy atom. The lowest BCUT2D eigenvalue weighted by atomic mass is 10.2. The Kier molecular flexibility index (Phi) is 3.94. The Morgan fingerprint density at radius 3 is 2.56 bits per heavy atom. The second-order valence-corrected chi connectivity index (χ2v) is 5.67. The van der Waals surface area contributed by atoms with Crippen LogP contribution < -0.4 is 5.32 Å². The van der Waals surface area contributed by atoms with E-state index in [0.29, 0.717) is 6.54 Å². The Balaban J connectivity index is 2.15. The van der Waals surface area contributed by atoms with Crippen LogP contribution in [0.1, 0.15) is 11.3 Å². The number of rotatable bonds is 3. The number of aromatic nitrogens is 2. The molecule has 1 heterocycles. The molecule has 0 aliphatic rings. The fourth-order valence-electron chi connectivity index (χ4n) is 1.31. The lowest BCUT2D eigenvalue weighted by Gasteiger charge is -2.10. The molecule has 1 aromatic heterocycles. The molecular weight excluding hydrogens is 354 g/mol. The number of hydrogen-bond acceptors (Lipinski definition) is 4. The summed E-state index contributed by atoms with van der Waals surface area (Å²) in [6.07, 6.45) is 0. The number of nitrogens with zero attached hydrogens (tertiary/aromatic N) is 2. The highest BCUT2D eigenvalue weighted by Gasteiger charge is 2.06. The van der Waals surface area contributed by atoms with Crippen LogP contribution >= 0.6 is 43.4 Å². The van der Waals surface area contributed by atoms with E-state index >= 15 is 0 Å². The van der Waals surface area contributed by atoms with Gasteiger partial charge in [0.2, 0.25) is 0 Å². The van der Waals surface area contributed by atoms with Gasteiger partial charge in [-0.2, -0.15) is 0 Å². The van der Waals surface area contributed by atoms with Crippen molar-refractivity contribution in [1.29, 1.82) is 0 Å². The number of benzene rings is 1. The van der Waals surface area contributed by atoms with Gasteiger partial charge < -0.3 is 5.32 Å². The summed E-state index contributed by atoms with van der Waals surface area (Å²) in [6, 6.07) is 4.15. The number of aryl methyl sites for hydroxylation is 1. The van der Waals surface area contributed by atoms with Crippen molar-refractivity contribution in [3.05, 3.63) is 37.7 Å². The quantitative estimate of drug-likeness (QED) is 0.897. The molecule has 0 aliphatic heterocycles. The van der Waals surface area contributed by atoms with E-state index in [4.69, 9.17) is 0 Å². The fraction of sp³-hybridized carbons (Fsp3) is 0.200. The van der Waals surface area contributed by atoms with Crippen LogP contribution in [0.15, 0.2) is 26.5 Å². The van der Waals surface area contributed by atoms with Gasteiger partial charge in [0.1, 0.15) is 0 Å². The van der Waals surface area contributed by atoms with E-state index in [0.717, 1.165) is 20.3 Å². The maximum Gasteiger partial charge on any atom is 0.0946 e. The second-order valence-electron chi connectivity index (χ2n) is 3.35. The zero-order valence-corrected chi connectivity index (χ0v) is 12.5. The summed E-state index contributed by atoms with van der Waals surface area (Å²) in [5, 5.41) is 9.24. The first-order chi connectivity index (χ1) is 7.66. The predicted molar refractivity (Wildman–Crippen MR) is 73.8 cm³/mol. The molecule has 0 saturated carbocycles. The van der Waals surface area contributed by atoms with Crippen LogP contribution in [0, 0.1) is 6.92 Å². The molecule has 2 rings (SSSR count). The van der Waals surface area contributed by atoms with E-state index in [1.54, 1.807) is 0 Å². The molecule has 0 spiro atoms. The predicted octanol–water partition coefficient (Wildman–Crippen LogP) is 3.98.